The van der Waals surface area contributed by atoms with Crippen LogP contribution in [0.25, 0.3) is 10.8 Å². The van der Waals surface area contributed by atoms with Crippen LogP contribution in [0.1, 0.15) is 62.2 Å². The lowest BCUT2D eigenvalue weighted by Gasteiger charge is -2.07. The number of fused-ring (bicyclic) bond motifs is 1. The molecule has 0 atom stereocenters. The standard InChI is InChI=1S/C26H30N2O3/c1-2-3-4-5-6-7-12-19-31-26(30)22-15-10-11-16-23(22)27-28-24-17-18-25(29)21-14-9-8-13-20(21)24/h8-11,13-18,29H,2-7,12,19H2,1H3. The highest BCUT2D eigenvalue weighted by atomic mass is 16.5. The summed E-state index contributed by atoms with van der Waals surface area (Å²) in [5, 5.41) is 20.2. The normalized spacial score (nSPS) is 11.3. The third kappa shape index (κ3) is 6.38. The molecule has 1 N–H and O–H groups in total. The van der Waals surface area contributed by atoms with Crippen LogP contribution in [-0.2, 0) is 4.74 Å². The zero-order valence-electron chi connectivity index (χ0n) is 18.1. The average Bonchev–Trinajstić information content (AvgIpc) is 2.80. The number of nitrogens with zero attached hydrogens (tertiary/aromatic N) is 2. The molecule has 0 aromatic heterocycles. The Balaban J connectivity index is 1.62. The molecule has 0 fully saturated rings. The van der Waals surface area contributed by atoms with Gasteiger partial charge in [0.2, 0.25) is 0 Å². The van der Waals surface area contributed by atoms with Crippen LogP contribution in [0.4, 0.5) is 11.4 Å². The fourth-order valence-corrected chi connectivity index (χ4v) is 3.50. The minimum atomic E-state index is -0.379. The van der Waals surface area contributed by atoms with Crippen molar-refractivity contribution in [3.8, 4) is 5.75 Å². The van der Waals surface area contributed by atoms with Crippen LogP contribution in [0.15, 0.2) is 70.9 Å². The van der Waals surface area contributed by atoms with Crippen LogP contribution < -0.4 is 0 Å². The molecule has 31 heavy (non-hydrogen) atoms. The Morgan fingerprint density at radius 2 is 1.42 bits per heavy atom. The first-order chi connectivity index (χ1) is 15.2. The number of carbonyl (C=O) groups is 1. The van der Waals surface area contributed by atoms with Crippen molar-refractivity contribution in [3.63, 3.8) is 0 Å². The number of ether oxygens (including phenoxy) is 1. The van der Waals surface area contributed by atoms with E-state index >= 15 is 0 Å². The van der Waals surface area contributed by atoms with E-state index in [1.54, 1.807) is 30.3 Å². The van der Waals surface area contributed by atoms with Crippen molar-refractivity contribution in [2.45, 2.75) is 51.9 Å². The molecule has 0 heterocycles. The van der Waals surface area contributed by atoms with E-state index in [4.69, 9.17) is 4.74 Å². The number of phenols is 1. The maximum Gasteiger partial charge on any atom is 0.340 e. The summed E-state index contributed by atoms with van der Waals surface area (Å²) in [7, 11) is 0. The molecule has 3 aromatic rings. The first-order valence-electron chi connectivity index (χ1n) is 11.1. The van der Waals surface area contributed by atoms with Gasteiger partial charge in [-0.3, -0.25) is 0 Å². The molecule has 0 saturated heterocycles. The summed E-state index contributed by atoms with van der Waals surface area (Å²) in [5.41, 5.74) is 1.49. The second-order valence-corrected chi connectivity index (χ2v) is 7.62. The molecule has 0 spiro atoms. The Hall–Kier alpha value is -3.21. The molecule has 0 saturated carbocycles. The van der Waals surface area contributed by atoms with E-state index in [9.17, 15) is 9.90 Å². The highest BCUT2D eigenvalue weighted by Gasteiger charge is 2.12. The topological polar surface area (TPSA) is 71.2 Å². The summed E-state index contributed by atoms with van der Waals surface area (Å²) >= 11 is 0. The Labute approximate surface area is 183 Å². The average molecular weight is 419 g/mol. The van der Waals surface area contributed by atoms with Crippen LogP contribution in [0.2, 0.25) is 0 Å². The lowest BCUT2D eigenvalue weighted by atomic mass is 10.1. The molecular weight excluding hydrogens is 388 g/mol. The summed E-state index contributed by atoms with van der Waals surface area (Å²) in [6.07, 6.45) is 8.20. The molecule has 0 unspecified atom stereocenters. The number of azo groups is 1. The highest BCUT2D eigenvalue weighted by molar-refractivity contribution is 5.97. The van der Waals surface area contributed by atoms with E-state index < -0.39 is 0 Å². The van der Waals surface area contributed by atoms with Gasteiger partial charge in [0.1, 0.15) is 11.4 Å². The van der Waals surface area contributed by atoms with Crippen LogP contribution in [0.5, 0.6) is 5.75 Å². The summed E-state index contributed by atoms with van der Waals surface area (Å²) < 4.78 is 5.46. The fraction of sp³-hybridized carbons (Fsp3) is 0.346. The van der Waals surface area contributed by atoms with Gasteiger partial charge < -0.3 is 9.84 Å². The zero-order chi connectivity index (χ0) is 21.9. The number of phenolic OH excluding ortho intramolecular Hbond substituents is 1. The van der Waals surface area contributed by atoms with E-state index in [-0.39, 0.29) is 11.7 Å². The van der Waals surface area contributed by atoms with E-state index in [0.717, 1.165) is 18.2 Å². The van der Waals surface area contributed by atoms with E-state index in [0.29, 0.717) is 28.9 Å². The smallest absolute Gasteiger partial charge is 0.340 e. The minimum Gasteiger partial charge on any atom is -0.507 e. The molecule has 0 aliphatic heterocycles. The number of benzene rings is 3. The molecule has 0 aliphatic rings. The van der Waals surface area contributed by atoms with Gasteiger partial charge in [-0.05, 0) is 30.7 Å². The molecule has 0 aliphatic carbocycles. The Bertz CT molecular complexity index is 1030. The van der Waals surface area contributed by atoms with Gasteiger partial charge in [0.25, 0.3) is 0 Å². The number of esters is 1. The second kappa shape index (κ2) is 11.8. The quantitative estimate of drug-likeness (QED) is 0.196. The number of unbranched alkanes of at least 4 members (excludes halogenated alkanes) is 6. The molecule has 162 valence electrons. The number of carbonyl (C=O) groups excluding carboxylic acids is 1. The van der Waals surface area contributed by atoms with Gasteiger partial charge >= 0.3 is 5.97 Å². The number of aromatic hydroxyl groups is 1. The minimum absolute atomic E-state index is 0.198. The van der Waals surface area contributed by atoms with Gasteiger partial charge in [0, 0.05) is 10.8 Å². The predicted octanol–water partition coefficient (Wildman–Crippen LogP) is 7.87. The molecule has 3 aromatic carbocycles. The van der Waals surface area contributed by atoms with Gasteiger partial charge in [0.15, 0.2) is 0 Å². The predicted molar refractivity (Wildman–Crippen MR) is 125 cm³/mol. The lowest BCUT2D eigenvalue weighted by molar-refractivity contribution is 0.0498. The van der Waals surface area contributed by atoms with Crippen molar-refractivity contribution in [1.29, 1.82) is 0 Å². The van der Waals surface area contributed by atoms with Crippen LogP contribution in [0.3, 0.4) is 0 Å². The van der Waals surface area contributed by atoms with Gasteiger partial charge in [-0.1, -0.05) is 81.8 Å². The Kier molecular flexibility index (Phi) is 8.59. The van der Waals surface area contributed by atoms with E-state index in [1.807, 2.05) is 30.3 Å². The molecule has 5 heteroatoms. The molecular formula is C26H30N2O3. The number of hydrogen-bond donors (Lipinski definition) is 1. The maximum atomic E-state index is 12.6. The number of rotatable bonds is 11. The second-order valence-electron chi connectivity index (χ2n) is 7.62. The highest BCUT2D eigenvalue weighted by Crippen LogP contribution is 2.33. The maximum absolute atomic E-state index is 12.6. The van der Waals surface area contributed by atoms with Crippen molar-refractivity contribution in [2.24, 2.45) is 10.2 Å². The van der Waals surface area contributed by atoms with Crippen LogP contribution in [-0.4, -0.2) is 17.7 Å². The van der Waals surface area contributed by atoms with E-state index in [1.165, 1.54) is 32.1 Å². The first kappa shape index (κ1) is 22.5. The lowest BCUT2D eigenvalue weighted by Crippen LogP contribution is -2.06. The van der Waals surface area contributed by atoms with E-state index in [2.05, 4.69) is 17.2 Å². The summed E-state index contributed by atoms with van der Waals surface area (Å²) in [4.78, 5) is 12.6. The van der Waals surface area contributed by atoms with Crippen LogP contribution >= 0.6 is 0 Å². The summed E-state index contributed by atoms with van der Waals surface area (Å²) in [6.45, 7) is 2.63. The van der Waals surface area contributed by atoms with Gasteiger partial charge in [-0.2, -0.15) is 0 Å². The number of hydrogen-bond acceptors (Lipinski definition) is 5. The SMILES string of the molecule is CCCCCCCCCOC(=O)c1ccccc1N=Nc1ccc(O)c2ccccc12. The first-order valence-corrected chi connectivity index (χ1v) is 11.1. The van der Waals surface area contributed by atoms with Crippen molar-refractivity contribution in [3.05, 3.63) is 66.2 Å². The molecule has 5 nitrogen and oxygen atoms in total. The fourth-order valence-electron chi connectivity index (χ4n) is 3.50. The summed E-state index contributed by atoms with van der Waals surface area (Å²) in [6, 6.07) is 17.8. The zero-order valence-corrected chi connectivity index (χ0v) is 18.1. The molecule has 0 amide bonds. The monoisotopic (exact) mass is 418 g/mol. The van der Waals surface area contributed by atoms with Gasteiger partial charge in [-0.15, -0.1) is 10.2 Å². The van der Waals surface area contributed by atoms with Gasteiger partial charge in [0.05, 0.1) is 17.9 Å². The van der Waals surface area contributed by atoms with Crippen molar-refractivity contribution in [2.75, 3.05) is 6.61 Å². The third-order valence-electron chi connectivity index (χ3n) is 5.25. The largest absolute Gasteiger partial charge is 0.507 e. The molecule has 3 rings (SSSR count). The van der Waals surface area contributed by atoms with Crippen molar-refractivity contribution in [1.82, 2.24) is 0 Å². The summed E-state index contributed by atoms with van der Waals surface area (Å²) in [5.74, 6) is -0.181. The van der Waals surface area contributed by atoms with Crippen molar-refractivity contribution < 1.29 is 14.6 Å². The Morgan fingerprint density at radius 3 is 2.23 bits per heavy atom. The third-order valence-corrected chi connectivity index (χ3v) is 5.25. The van der Waals surface area contributed by atoms with Gasteiger partial charge in [-0.25, -0.2) is 4.79 Å². The van der Waals surface area contributed by atoms with Crippen LogP contribution in [0, 0.1) is 0 Å². The van der Waals surface area contributed by atoms with Crippen molar-refractivity contribution >= 4 is 28.1 Å². The molecule has 0 bridgehead atoms. The Morgan fingerprint density at radius 1 is 0.774 bits per heavy atom. The molecule has 0 radical (unpaired) electrons.